The summed E-state index contributed by atoms with van der Waals surface area (Å²) in [5.74, 6) is 1.49. The predicted octanol–water partition coefficient (Wildman–Crippen LogP) is 2.54. The van der Waals surface area contributed by atoms with Crippen LogP contribution in [0.4, 0.5) is 5.82 Å². The highest BCUT2D eigenvalue weighted by molar-refractivity contribution is 7.99. The highest BCUT2D eigenvalue weighted by atomic mass is 32.2. The first-order valence-electron chi connectivity index (χ1n) is 5.58. The molecule has 4 nitrogen and oxygen atoms in total. The number of nitrogen functional groups attached to an aromatic ring is 1. The Morgan fingerprint density at radius 3 is 3.29 bits per heavy atom. The molecule has 90 valence electrons. The number of nitrogens with two attached hydrogens (primary N) is 1. The highest BCUT2D eigenvalue weighted by Crippen LogP contribution is 2.27. The standard InChI is InChI=1S/C11H13N3OS2/c12-9-8-3-5-16-10(8)14-11(13-9)17-6-7-2-1-4-15-7/h3,5,7H,1-2,4,6H2,(H2,12,13,14). The van der Waals surface area contributed by atoms with Crippen LogP contribution in [0.2, 0.25) is 0 Å². The first kappa shape index (κ1) is 11.3. The van der Waals surface area contributed by atoms with Gasteiger partial charge in [-0.15, -0.1) is 11.3 Å². The molecular weight excluding hydrogens is 254 g/mol. The van der Waals surface area contributed by atoms with Crippen LogP contribution < -0.4 is 5.73 Å². The van der Waals surface area contributed by atoms with Gasteiger partial charge in [0, 0.05) is 12.4 Å². The topological polar surface area (TPSA) is 61.0 Å². The number of fused-ring (bicyclic) bond motifs is 1. The first-order chi connectivity index (χ1) is 8.33. The number of thioether (sulfide) groups is 1. The molecule has 1 atom stereocenters. The number of rotatable bonds is 3. The second-order valence-corrected chi connectivity index (χ2v) is 5.86. The van der Waals surface area contributed by atoms with Gasteiger partial charge >= 0.3 is 0 Å². The van der Waals surface area contributed by atoms with E-state index in [1.165, 1.54) is 0 Å². The van der Waals surface area contributed by atoms with Gasteiger partial charge in [0.25, 0.3) is 0 Å². The van der Waals surface area contributed by atoms with Gasteiger partial charge in [-0.05, 0) is 24.3 Å². The van der Waals surface area contributed by atoms with Gasteiger partial charge in [0.2, 0.25) is 0 Å². The SMILES string of the molecule is Nc1nc(SCC2CCCO2)nc2sccc12. The van der Waals surface area contributed by atoms with E-state index in [0.29, 0.717) is 11.9 Å². The number of hydrogen-bond acceptors (Lipinski definition) is 6. The average molecular weight is 267 g/mol. The summed E-state index contributed by atoms with van der Waals surface area (Å²) in [5, 5.41) is 3.70. The van der Waals surface area contributed by atoms with Gasteiger partial charge in [-0.2, -0.15) is 0 Å². The van der Waals surface area contributed by atoms with Crippen molar-refractivity contribution >= 4 is 39.1 Å². The van der Waals surface area contributed by atoms with Crippen LogP contribution in [0.3, 0.4) is 0 Å². The monoisotopic (exact) mass is 267 g/mol. The van der Waals surface area contributed by atoms with E-state index in [1.54, 1.807) is 23.1 Å². The lowest BCUT2D eigenvalue weighted by Gasteiger charge is -2.07. The maximum Gasteiger partial charge on any atom is 0.190 e. The molecule has 17 heavy (non-hydrogen) atoms. The molecule has 0 amide bonds. The minimum absolute atomic E-state index is 0.351. The van der Waals surface area contributed by atoms with Crippen LogP contribution in [0, 0.1) is 0 Å². The van der Waals surface area contributed by atoms with Crippen molar-refractivity contribution in [2.75, 3.05) is 18.1 Å². The number of aromatic nitrogens is 2. The second-order valence-electron chi connectivity index (χ2n) is 3.98. The largest absolute Gasteiger partial charge is 0.383 e. The second kappa shape index (κ2) is 4.80. The van der Waals surface area contributed by atoms with Crippen molar-refractivity contribution in [3.8, 4) is 0 Å². The maximum absolute atomic E-state index is 5.90. The smallest absolute Gasteiger partial charge is 0.190 e. The summed E-state index contributed by atoms with van der Waals surface area (Å²) in [4.78, 5) is 9.77. The summed E-state index contributed by atoms with van der Waals surface area (Å²) in [6.45, 7) is 0.887. The van der Waals surface area contributed by atoms with Gasteiger partial charge in [0.1, 0.15) is 10.6 Å². The fourth-order valence-electron chi connectivity index (χ4n) is 1.87. The third-order valence-electron chi connectivity index (χ3n) is 2.76. The first-order valence-corrected chi connectivity index (χ1v) is 7.44. The fraction of sp³-hybridized carbons (Fsp3) is 0.455. The molecule has 0 aliphatic carbocycles. The van der Waals surface area contributed by atoms with E-state index in [0.717, 1.165) is 40.6 Å². The van der Waals surface area contributed by atoms with E-state index in [4.69, 9.17) is 10.5 Å². The molecule has 2 aromatic heterocycles. The summed E-state index contributed by atoms with van der Waals surface area (Å²) in [5.41, 5.74) is 5.90. The van der Waals surface area contributed by atoms with E-state index in [-0.39, 0.29) is 0 Å². The molecule has 0 saturated carbocycles. The molecule has 1 saturated heterocycles. The minimum atomic E-state index is 0.351. The van der Waals surface area contributed by atoms with Gasteiger partial charge in [0.05, 0.1) is 11.5 Å². The Morgan fingerprint density at radius 1 is 1.53 bits per heavy atom. The van der Waals surface area contributed by atoms with Crippen molar-refractivity contribution in [2.24, 2.45) is 0 Å². The zero-order chi connectivity index (χ0) is 11.7. The number of anilines is 1. The molecule has 3 rings (SSSR count). The van der Waals surface area contributed by atoms with Crippen LogP contribution in [0.5, 0.6) is 0 Å². The Hall–Kier alpha value is -0.850. The van der Waals surface area contributed by atoms with E-state index in [2.05, 4.69) is 9.97 Å². The molecule has 2 aromatic rings. The minimum Gasteiger partial charge on any atom is -0.383 e. The molecule has 1 aliphatic heterocycles. The predicted molar refractivity (Wildman–Crippen MR) is 71.5 cm³/mol. The Labute approximate surface area is 108 Å². The van der Waals surface area contributed by atoms with Gasteiger partial charge in [-0.25, -0.2) is 9.97 Å². The molecule has 0 bridgehead atoms. The van der Waals surface area contributed by atoms with Crippen molar-refractivity contribution in [2.45, 2.75) is 24.1 Å². The molecule has 0 spiro atoms. The van der Waals surface area contributed by atoms with Crippen LogP contribution in [0.15, 0.2) is 16.6 Å². The van der Waals surface area contributed by atoms with E-state index < -0.39 is 0 Å². The van der Waals surface area contributed by atoms with Gasteiger partial charge < -0.3 is 10.5 Å². The summed E-state index contributed by atoms with van der Waals surface area (Å²) < 4.78 is 5.57. The molecule has 6 heteroatoms. The Morgan fingerprint density at radius 2 is 2.47 bits per heavy atom. The summed E-state index contributed by atoms with van der Waals surface area (Å²) in [7, 11) is 0. The van der Waals surface area contributed by atoms with Crippen LogP contribution in [0.1, 0.15) is 12.8 Å². The van der Waals surface area contributed by atoms with E-state index >= 15 is 0 Å². The van der Waals surface area contributed by atoms with E-state index in [9.17, 15) is 0 Å². The molecule has 1 fully saturated rings. The Kier molecular flexibility index (Phi) is 3.17. The van der Waals surface area contributed by atoms with Crippen molar-refractivity contribution in [3.63, 3.8) is 0 Å². The van der Waals surface area contributed by atoms with Crippen molar-refractivity contribution < 1.29 is 4.74 Å². The Balaban J connectivity index is 1.75. The molecule has 0 radical (unpaired) electrons. The number of thiophene rings is 1. The molecule has 2 N–H and O–H groups in total. The summed E-state index contributed by atoms with van der Waals surface area (Å²) in [6, 6.07) is 1.96. The molecule has 3 heterocycles. The molecule has 0 aromatic carbocycles. The van der Waals surface area contributed by atoms with Crippen molar-refractivity contribution in [3.05, 3.63) is 11.4 Å². The third kappa shape index (κ3) is 2.38. The van der Waals surface area contributed by atoms with Gasteiger partial charge in [0.15, 0.2) is 5.16 Å². The van der Waals surface area contributed by atoms with Crippen LogP contribution in [-0.2, 0) is 4.74 Å². The number of nitrogens with zero attached hydrogens (tertiary/aromatic N) is 2. The average Bonchev–Trinajstić information content (AvgIpc) is 2.97. The van der Waals surface area contributed by atoms with Gasteiger partial charge in [-0.3, -0.25) is 0 Å². The maximum atomic E-state index is 5.90. The fourth-order valence-corrected chi connectivity index (χ4v) is 3.61. The highest BCUT2D eigenvalue weighted by Gasteiger charge is 2.16. The summed E-state index contributed by atoms with van der Waals surface area (Å²) in [6.07, 6.45) is 2.66. The van der Waals surface area contributed by atoms with Crippen LogP contribution in [0.25, 0.3) is 10.2 Å². The van der Waals surface area contributed by atoms with E-state index in [1.807, 2.05) is 11.4 Å². The number of ether oxygens (including phenoxy) is 1. The summed E-state index contributed by atoms with van der Waals surface area (Å²) >= 11 is 3.23. The quantitative estimate of drug-likeness (QED) is 0.684. The zero-order valence-corrected chi connectivity index (χ0v) is 10.9. The molecule has 1 unspecified atom stereocenters. The van der Waals surface area contributed by atoms with Crippen LogP contribution in [-0.4, -0.2) is 28.4 Å². The van der Waals surface area contributed by atoms with Crippen molar-refractivity contribution in [1.29, 1.82) is 0 Å². The van der Waals surface area contributed by atoms with Crippen LogP contribution >= 0.6 is 23.1 Å². The molecule has 1 aliphatic rings. The number of hydrogen-bond donors (Lipinski definition) is 1. The third-order valence-corrected chi connectivity index (χ3v) is 4.54. The normalized spacial score (nSPS) is 20.1. The lowest BCUT2D eigenvalue weighted by atomic mass is 10.3. The molecular formula is C11H13N3OS2. The Bertz CT molecular complexity index is 522. The van der Waals surface area contributed by atoms with Gasteiger partial charge in [-0.1, -0.05) is 11.8 Å². The lowest BCUT2D eigenvalue weighted by Crippen LogP contribution is -2.08. The zero-order valence-electron chi connectivity index (χ0n) is 9.26. The lowest BCUT2D eigenvalue weighted by molar-refractivity contribution is 0.129. The van der Waals surface area contributed by atoms with Crippen molar-refractivity contribution in [1.82, 2.24) is 9.97 Å².